The largest absolute Gasteiger partial charge is 0.385 e. The highest BCUT2D eigenvalue weighted by molar-refractivity contribution is 5.74. The number of carbonyl (C=O) groups excluding carboxylic acids is 1. The van der Waals surface area contributed by atoms with Crippen LogP contribution in [0.15, 0.2) is 42.5 Å². The minimum Gasteiger partial charge on any atom is -0.385 e. The average molecular weight is 455 g/mol. The molecule has 0 aromatic heterocycles. The van der Waals surface area contributed by atoms with Gasteiger partial charge in [-0.2, -0.15) is 0 Å². The summed E-state index contributed by atoms with van der Waals surface area (Å²) in [6.07, 6.45) is 3.31. The Kier molecular flexibility index (Phi) is 8.87. The van der Waals surface area contributed by atoms with E-state index < -0.39 is 5.60 Å². The summed E-state index contributed by atoms with van der Waals surface area (Å²) >= 11 is 0. The number of nitrogens with zero attached hydrogens (tertiary/aromatic N) is 1. The number of urea groups is 1. The van der Waals surface area contributed by atoms with Gasteiger partial charge in [0.15, 0.2) is 0 Å². The Labute approximate surface area is 197 Å². The average Bonchev–Trinajstić information content (AvgIpc) is 2.84. The molecular formula is C27H37FN3O2. The number of halogens is 1. The smallest absolute Gasteiger partial charge is 0.317 e. The fraction of sp³-hybridized carbons (Fsp3) is 0.481. The second-order valence-corrected chi connectivity index (χ2v) is 8.86. The van der Waals surface area contributed by atoms with E-state index in [4.69, 9.17) is 0 Å². The molecule has 1 saturated heterocycles. The Bertz CT molecular complexity index is 935. The summed E-state index contributed by atoms with van der Waals surface area (Å²) in [6, 6.07) is 12.7. The first-order valence-corrected chi connectivity index (χ1v) is 12.0. The van der Waals surface area contributed by atoms with Gasteiger partial charge in [0.1, 0.15) is 5.82 Å². The summed E-state index contributed by atoms with van der Waals surface area (Å²) in [5, 5.41) is 18.1. The van der Waals surface area contributed by atoms with Crippen LogP contribution in [-0.2, 0) is 12.0 Å². The van der Waals surface area contributed by atoms with Crippen LogP contribution in [0.4, 0.5) is 9.18 Å². The van der Waals surface area contributed by atoms with Crippen LogP contribution in [0.25, 0.3) is 11.1 Å². The molecule has 0 aliphatic carbocycles. The Morgan fingerprint density at radius 3 is 2.79 bits per heavy atom. The van der Waals surface area contributed by atoms with Gasteiger partial charge in [-0.25, -0.2) is 9.18 Å². The first-order chi connectivity index (χ1) is 15.9. The van der Waals surface area contributed by atoms with Crippen molar-refractivity contribution in [1.82, 2.24) is 15.5 Å². The lowest BCUT2D eigenvalue weighted by atomic mass is 9.72. The van der Waals surface area contributed by atoms with Gasteiger partial charge in [0.05, 0.1) is 5.60 Å². The van der Waals surface area contributed by atoms with Gasteiger partial charge in [-0.3, -0.25) is 0 Å². The molecule has 5 nitrogen and oxygen atoms in total. The van der Waals surface area contributed by atoms with Crippen molar-refractivity contribution in [3.05, 3.63) is 66.3 Å². The van der Waals surface area contributed by atoms with Crippen LogP contribution in [0.3, 0.4) is 0 Å². The molecule has 2 unspecified atom stereocenters. The predicted molar refractivity (Wildman–Crippen MR) is 131 cm³/mol. The maximum Gasteiger partial charge on any atom is 0.317 e. The van der Waals surface area contributed by atoms with Gasteiger partial charge in [-0.1, -0.05) is 56.7 Å². The van der Waals surface area contributed by atoms with Crippen molar-refractivity contribution in [1.29, 1.82) is 0 Å². The van der Waals surface area contributed by atoms with E-state index in [0.717, 1.165) is 30.4 Å². The third-order valence-electron chi connectivity index (χ3n) is 6.70. The zero-order chi connectivity index (χ0) is 23.8. The lowest BCUT2D eigenvalue weighted by Crippen LogP contribution is -2.51. The number of hydrogen-bond donors (Lipinski definition) is 3. The van der Waals surface area contributed by atoms with Gasteiger partial charge in [-0.15, -0.1) is 0 Å². The van der Waals surface area contributed by atoms with Gasteiger partial charge in [0, 0.05) is 37.7 Å². The van der Waals surface area contributed by atoms with Crippen LogP contribution in [0.2, 0.25) is 0 Å². The highest BCUT2D eigenvalue weighted by atomic mass is 19.1. The summed E-state index contributed by atoms with van der Waals surface area (Å²) in [4.78, 5) is 14.5. The lowest BCUT2D eigenvalue weighted by molar-refractivity contribution is -0.0530. The molecule has 1 aliphatic rings. The normalized spacial score (nSPS) is 18.1. The van der Waals surface area contributed by atoms with Crippen LogP contribution >= 0.6 is 0 Å². The Balaban J connectivity index is 1.98. The number of likely N-dealkylation sites (tertiary alicyclic amines) is 1. The van der Waals surface area contributed by atoms with Crippen molar-refractivity contribution in [3.8, 4) is 11.1 Å². The van der Waals surface area contributed by atoms with Crippen molar-refractivity contribution in [2.24, 2.45) is 5.92 Å². The minimum absolute atomic E-state index is 0.123. The summed E-state index contributed by atoms with van der Waals surface area (Å²) in [5.74, 6) is -0.557. The van der Waals surface area contributed by atoms with Gasteiger partial charge in [-0.05, 0) is 55.5 Å². The first-order valence-electron chi connectivity index (χ1n) is 12.0. The van der Waals surface area contributed by atoms with Crippen LogP contribution in [-0.4, -0.2) is 49.3 Å². The van der Waals surface area contributed by atoms with Crippen molar-refractivity contribution in [2.75, 3.05) is 33.2 Å². The standard InChI is InChI=1S/C27H37FN3O2/c1-4-14-27(33,22-11-8-17-31(19-22)26(32)30-16-15-29-3)23-12-7-13-24(28)25(23)21-10-6-9-20(5-2)18-21/h6-7,9-10,12-13,18,22,29,33H,1,4-5,8,11,14-17,19H2,2-3H3,(H,30,32). The molecular weight excluding hydrogens is 417 g/mol. The molecule has 1 aliphatic heterocycles. The maximum absolute atomic E-state index is 15.3. The van der Waals surface area contributed by atoms with Crippen LogP contribution < -0.4 is 10.6 Å². The van der Waals surface area contributed by atoms with E-state index in [1.165, 1.54) is 6.07 Å². The van der Waals surface area contributed by atoms with E-state index in [1.54, 1.807) is 11.0 Å². The summed E-state index contributed by atoms with van der Waals surface area (Å²) in [5.41, 5.74) is 1.62. The van der Waals surface area contributed by atoms with E-state index in [1.807, 2.05) is 37.4 Å². The van der Waals surface area contributed by atoms with Crippen molar-refractivity contribution in [2.45, 2.75) is 44.6 Å². The van der Waals surface area contributed by atoms with E-state index in [2.05, 4.69) is 24.5 Å². The van der Waals surface area contributed by atoms with Crippen molar-refractivity contribution < 1.29 is 14.3 Å². The monoisotopic (exact) mass is 454 g/mol. The number of hydrogen-bond acceptors (Lipinski definition) is 3. The van der Waals surface area contributed by atoms with Crippen molar-refractivity contribution >= 4 is 6.03 Å². The zero-order valence-electron chi connectivity index (χ0n) is 19.9. The molecule has 3 rings (SSSR count). The third kappa shape index (κ3) is 5.74. The molecule has 33 heavy (non-hydrogen) atoms. The molecule has 2 aromatic rings. The molecule has 2 aromatic carbocycles. The number of aliphatic hydroxyl groups is 1. The second kappa shape index (κ2) is 11.6. The fourth-order valence-electron chi connectivity index (χ4n) is 4.91. The zero-order valence-corrected chi connectivity index (χ0v) is 19.9. The number of likely N-dealkylation sites (N-methyl/N-ethyl adjacent to an activating group) is 1. The number of benzene rings is 2. The number of nitrogens with one attached hydrogen (secondary N) is 2. The van der Waals surface area contributed by atoms with E-state index in [0.29, 0.717) is 50.1 Å². The van der Waals surface area contributed by atoms with Gasteiger partial charge in [0.25, 0.3) is 0 Å². The highest BCUT2D eigenvalue weighted by Gasteiger charge is 2.42. The van der Waals surface area contributed by atoms with Crippen LogP contribution in [0.5, 0.6) is 0 Å². The van der Waals surface area contributed by atoms with Crippen LogP contribution in [0, 0.1) is 18.7 Å². The molecule has 0 saturated carbocycles. The summed E-state index contributed by atoms with van der Waals surface area (Å²) in [7, 11) is 1.84. The Hall–Kier alpha value is -2.44. The third-order valence-corrected chi connectivity index (χ3v) is 6.70. The summed E-state index contributed by atoms with van der Waals surface area (Å²) < 4.78 is 15.3. The molecule has 1 fully saturated rings. The van der Waals surface area contributed by atoms with E-state index in [-0.39, 0.29) is 17.8 Å². The molecule has 0 spiro atoms. The number of aryl methyl sites for hydroxylation is 1. The quantitative estimate of drug-likeness (QED) is 0.489. The SMILES string of the molecule is [CH2]CCC(O)(c1cccc(F)c1-c1cccc(CC)c1)C1CCCN(C(=O)NCCNC)C1. The topological polar surface area (TPSA) is 64.6 Å². The van der Waals surface area contributed by atoms with Gasteiger partial charge >= 0.3 is 6.03 Å². The fourth-order valence-corrected chi connectivity index (χ4v) is 4.91. The minimum atomic E-state index is -1.29. The lowest BCUT2D eigenvalue weighted by Gasteiger charge is -2.43. The molecule has 0 bridgehead atoms. The highest BCUT2D eigenvalue weighted by Crippen LogP contribution is 2.44. The predicted octanol–water partition coefficient (Wildman–Crippen LogP) is 4.50. The molecule has 6 heteroatoms. The maximum atomic E-state index is 15.3. The molecule has 2 amide bonds. The first kappa shape index (κ1) is 25.2. The molecule has 2 atom stereocenters. The van der Waals surface area contributed by atoms with Crippen LogP contribution in [0.1, 0.15) is 43.7 Å². The van der Waals surface area contributed by atoms with Gasteiger partial charge in [0.2, 0.25) is 0 Å². The van der Waals surface area contributed by atoms with E-state index in [9.17, 15) is 9.90 Å². The number of carbonyl (C=O) groups is 1. The number of rotatable bonds is 9. The number of piperidine rings is 1. The Morgan fingerprint density at radius 2 is 2.06 bits per heavy atom. The Morgan fingerprint density at radius 1 is 1.27 bits per heavy atom. The van der Waals surface area contributed by atoms with Gasteiger partial charge < -0.3 is 20.6 Å². The molecule has 3 N–H and O–H groups in total. The second-order valence-electron chi connectivity index (χ2n) is 8.86. The van der Waals surface area contributed by atoms with E-state index >= 15 is 4.39 Å². The summed E-state index contributed by atoms with van der Waals surface area (Å²) in [6.45, 7) is 8.37. The molecule has 1 heterocycles. The van der Waals surface area contributed by atoms with Crippen molar-refractivity contribution in [3.63, 3.8) is 0 Å². The molecule has 179 valence electrons. The number of amides is 2. The molecule has 1 radical (unpaired) electrons.